The summed E-state index contributed by atoms with van der Waals surface area (Å²) in [6, 6.07) is 22.1. The zero-order chi connectivity index (χ0) is 17.9. The smallest absolute Gasteiger partial charge is 0.0236 e. The van der Waals surface area contributed by atoms with Gasteiger partial charge in [0.25, 0.3) is 0 Å². The van der Waals surface area contributed by atoms with E-state index < -0.39 is 0 Å². The summed E-state index contributed by atoms with van der Waals surface area (Å²) in [7, 11) is 0. The van der Waals surface area contributed by atoms with E-state index in [0.29, 0.717) is 6.04 Å². The maximum Gasteiger partial charge on any atom is 0.0236 e. The topological polar surface area (TPSA) is 39.3 Å². The molecule has 2 saturated heterocycles. The van der Waals surface area contributed by atoms with Gasteiger partial charge < -0.3 is 16.0 Å². The van der Waals surface area contributed by atoms with E-state index in [1.165, 1.54) is 11.1 Å². The lowest BCUT2D eigenvalue weighted by Crippen LogP contribution is -2.51. The van der Waals surface area contributed by atoms with Crippen LogP contribution in [0.25, 0.3) is 0 Å². The van der Waals surface area contributed by atoms with Gasteiger partial charge in [-0.05, 0) is 17.5 Å². The summed E-state index contributed by atoms with van der Waals surface area (Å²) in [6.07, 6.45) is 1.12. The Balaban J connectivity index is 0.000000278. The molecule has 0 aliphatic carbocycles. The third-order valence-electron chi connectivity index (χ3n) is 4.87. The number of rotatable bonds is 4. The molecule has 0 radical (unpaired) electrons. The fourth-order valence-corrected chi connectivity index (χ4v) is 3.52. The molecule has 2 aliphatic rings. The zero-order valence-electron chi connectivity index (χ0n) is 15.7. The van der Waals surface area contributed by atoms with Crippen LogP contribution >= 0.6 is 0 Å². The quantitative estimate of drug-likeness (QED) is 0.786. The van der Waals surface area contributed by atoms with Crippen LogP contribution in [-0.4, -0.2) is 56.8 Å². The monoisotopic (exact) mass is 352 g/mol. The number of nitrogens with one attached hydrogen (secondary N) is 3. The third-order valence-corrected chi connectivity index (χ3v) is 4.87. The predicted octanol–water partition coefficient (Wildman–Crippen LogP) is 1.88. The van der Waals surface area contributed by atoms with Gasteiger partial charge in [0.15, 0.2) is 0 Å². The van der Waals surface area contributed by atoms with Crippen molar-refractivity contribution in [3.05, 3.63) is 71.8 Å². The van der Waals surface area contributed by atoms with Gasteiger partial charge in [0.2, 0.25) is 0 Å². The summed E-state index contributed by atoms with van der Waals surface area (Å²) in [5.74, 6) is 0. The Morgan fingerprint density at radius 2 is 1.31 bits per heavy atom. The molecule has 0 spiro atoms. The van der Waals surface area contributed by atoms with Crippen molar-refractivity contribution in [2.45, 2.75) is 19.0 Å². The standard InChI is InChI=1S/C18H22N2.C4H10N2/c1-3-7-16(8-4-1)13-18-15-20(12-11-19-18)14-17-9-5-2-6-10-17;1-2-6-4-3-5-1/h1-10,18-19H,11-15H2;5-6H,1-4H2. The third kappa shape index (κ3) is 6.89. The Morgan fingerprint density at radius 3 is 1.88 bits per heavy atom. The molecule has 0 saturated carbocycles. The summed E-state index contributed by atoms with van der Waals surface area (Å²) < 4.78 is 0. The van der Waals surface area contributed by atoms with E-state index in [4.69, 9.17) is 0 Å². The molecule has 4 nitrogen and oxygen atoms in total. The number of hydrogen-bond acceptors (Lipinski definition) is 4. The zero-order valence-corrected chi connectivity index (χ0v) is 15.7. The highest BCUT2D eigenvalue weighted by atomic mass is 15.2. The normalized spacial score (nSPS) is 20.8. The van der Waals surface area contributed by atoms with Crippen LogP contribution in [0.4, 0.5) is 0 Å². The lowest BCUT2D eigenvalue weighted by atomic mass is 10.0. The average Bonchev–Trinajstić information content (AvgIpc) is 2.72. The minimum Gasteiger partial charge on any atom is -0.314 e. The van der Waals surface area contributed by atoms with E-state index in [2.05, 4.69) is 81.5 Å². The van der Waals surface area contributed by atoms with Crippen molar-refractivity contribution in [1.29, 1.82) is 0 Å². The minimum atomic E-state index is 0.565. The van der Waals surface area contributed by atoms with Crippen molar-refractivity contribution in [2.75, 3.05) is 45.8 Å². The van der Waals surface area contributed by atoms with Crippen LogP contribution in [0.3, 0.4) is 0 Å². The van der Waals surface area contributed by atoms with E-state index in [9.17, 15) is 0 Å². The number of piperazine rings is 2. The predicted molar refractivity (Wildman–Crippen MR) is 109 cm³/mol. The molecule has 0 bridgehead atoms. The van der Waals surface area contributed by atoms with Gasteiger partial charge in [0.1, 0.15) is 0 Å². The summed E-state index contributed by atoms with van der Waals surface area (Å²) >= 11 is 0. The Kier molecular flexibility index (Phi) is 8.13. The van der Waals surface area contributed by atoms with Crippen LogP contribution in [0.15, 0.2) is 60.7 Å². The van der Waals surface area contributed by atoms with Gasteiger partial charge in [0.05, 0.1) is 0 Å². The van der Waals surface area contributed by atoms with Crippen LogP contribution in [-0.2, 0) is 13.0 Å². The SMILES string of the molecule is C1CNCCN1.c1ccc(CC2CN(Cc3ccccc3)CCN2)cc1. The first-order valence-corrected chi connectivity index (χ1v) is 9.85. The van der Waals surface area contributed by atoms with Gasteiger partial charge in [-0.3, -0.25) is 4.90 Å². The second kappa shape index (κ2) is 11.1. The summed E-state index contributed by atoms with van der Waals surface area (Å²) in [5.41, 5.74) is 2.83. The molecule has 2 heterocycles. The first kappa shape index (κ1) is 19.1. The van der Waals surface area contributed by atoms with Crippen molar-refractivity contribution in [3.63, 3.8) is 0 Å². The Morgan fingerprint density at radius 1 is 0.731 bits per heavy atom. The fraction of sp³-hybridized carbons (Fsp3) is 0.455. The highest BCUT2D eigenvalue weighted by Gasteiger charge is 2.19. The summed E-state index contributed by atoms with van der Waals surface area (Å²) in [5, 5.41) is 10.1. The maximum atomic E-state index is 3.64. The molecule has 4 heteroatoms. The first-order chi connectivity index (χ1) is 12.9. The summed E-state index contributed by atoms with van der Waals surface area (Å²) in [4.78, 5) is 2.55. The van der Waals surface area contributed by atoms with Gasteiger partial charge in [-0.1, -0.05) is 60.7 Å². The molecule has 140 valence electrons. The molecule has 2 aromatic rings. The Bertz CT molecular complexity index is 539. The molecule has 2 aromatic carbocycles. The van der Waals surface area contributed by atoms with E-state index >= 15 is 0 Å². The molecule has 2 aliphatic heterocycles. The van der Waals surface area contributed by atoms with Crippen LogP contribution in [0.5, 0.6) is 0 Å². The highest BCUT2D eigenvalue weighted by Crippen LogP contribution is 2.11. The number of nitrogens with zero attached hydrogens (tertiary/aromatic N) is 1. The van der Waals surface area contributed by atoms with Crippen LogP contribution in [0.1, 0.15) is 11.1 Å². The number of hydrogen-bond donors (Lipinski definition) is 3. The molecule has 2 fully saturated rings. The molecule has 3 N–H and O–H groups in total. The van der Waals surface area contributed by atoms with Crippen molar-refractivity contribution in [3.8, 4) is 0 Å². The molecule has 1 atom stereocenters. The van der Waals surface area contributed by atoms with Crippen LogP contribution in [0.2, 0.25) is 0 Å². The van der Waals surface area contributed by atoms with Gasteiger partial charge in [-0.25, -0.2) is 0 Å². The molecular formula is C22H32N4. The van der Waals surface area contributed by atoms with Crippen molar-refractivity contribution in [1.82, 2.24) is 20.9 Å². The van der Waals surface area contributed by atoms with Gasteiger partial charge in [0, 0.05) is 58.4 Å². The molecule has 4 rings (SSSR count). The van der Waals surface area contributed by atoms with E-state index in [1.54, 1.807) is 0 Å². The molecule has 0 aromatic heterocycles. The van der Waals surface area contributed by atoms with E-state index in [-0.39, 0.29) is 0 Å². The van der Waals surface area contributed by atoms with E-state index in [1.807, 2.05) is 0 Å². The lowest BCUT2D eigenvalue weighted by Gasteiger charge is -2.33. The maximum absolute atomic E-state index is 3.64. The van der Waals surface area contributed by atoms with Crippen molar-refractivity contribution >= 4 is 0 Å². The lowest BCUT2D eigenvalue weighted by molar-refractivity contribution is 0.192. The van der Waals surface area contributed by atoms with Crippen molar-refractivity contribution < 1.29 is 0 Å². The van der Waals surface area contributed by atoms with Gasteiger partial charge in [-0.2, -0.15) is 0 Å². The van der Waals surface area contributed by atoms with E-state index in [0.717, 1.165) is 58.8 Å². The molecule has 1 unspecified atom stereocenters. The summed E-state index contributed by atoms with van der Waals surface area (Å²) in [6.45, 7) is 8.97. The second-order valence-corrected chi connectivity index (χ2v) is 7.06. The van der Waals surface area contributed by atoms with Crippen LogP contribution in [0, 0.1) is 0 Å². The Hall–Kier alpha value is -1.72. The molecule has 0 amide bonds. The fourth-order valence-electron chi connectivity index (χ4n) is 3.52. The Labute approximate surface area is 158 Å². The molecular weight excluding hydrogens is 320 g/mol. The second-order valence-electron chi connectivity index (χ2n) is 7.06. The molecule has 26 heavy (non-hydrogen) atoms. The largest absolute Gasteiger partial charge is 0.314 e. The highest BCUT2D eigenvalue weighted by molar-refractivity contribution is 5.17. The van der Waals surface area contributed by atoms with Crippen molar-refractivity contribution in [2.24, 2.45) is 0 Å². The minimum absolute atomic E-state index is 0.565. The van der Waals surface area contributed by atoms with Gasteiger partial charge in [-0.15, -0.1) is 0 Å². The number of benzene rings is 2. The average molecular weight is 353 g/mol. The first-order valence-electron chi connectivity index (χ1n) is 9.85. The van der Waals surface area contributed by atoms with Gasteiger partial charge >= 0.3 is 0 Å². The van der Waals surface area contributed by atoms with Crippen LogP contribution < -0.4 is 16.0 Å².